The molecule has 1 heteroatoms. The molecule has 0 saturated heterocycles. The van der Waals surface area contributed by atoms with Crippen molar-refractivity contribution in [3.05, 3.63) is 194 Å². The standard InChI is InChI=1S/C50H32O/c1-3-14-33(15-4-1)35-26-28-36(29-27-35)38-18-7-8-19-39(38)48-40-20-9-11-22-42(40)49(43-23-12-10-21-41(43)48)45-24-13-25-46-50(45)44-31-30-37(32-47(44)51-46)34-16-5-2-6-17-34/h1-32H/i26D,27D,28D,29D. The summed E-state index contributed by atoms with van der Waals surface area (Å²) in [5.41, 5.74) is 9.79. The van der Waals surface area contributed by atoms with E-state index in [0.717, 1.165) is 76.9 Å². The van der Waals surface area contributed by atoms with Gasteiger partial charge < -0.3 is 4.42 Å². The SMILES string of the molecule is [2H]c1c([2H])c(-c2ccccc2-c2c3ccccc3c(-c3cccc4oc5cc(-c6ccccc6)ccc5c34)c3ccccc23)c([2H])c([2H])c1-c1ccccc1. The molecule has 0 saturated carbocycles. The summed E-state index contributed by atoms with van der Waals surface area (Å²) in [5.74, 6) is 0. The molecule has 0 amide bonds. The molecule has 0 radical (unpaired) electrons. The van der Waals surface area contributed by atoms with Gasteiger partial charge in [-0.2, -0.15) is 0 Å². The highest BCUT2D eigenvalue weighted by atomic mass is 16.3. The topological polar surface area (TPSA) is 13.1 Å². The van der Waals surface area contributed by atoms with E-state index in [2.05, 4.69) is 91.0 Å². The van der Waals surface area contributed by atoms with Crippen LogP contribution < -0.4 is 0 Å². The minimum absolute atomic E-state index is 0.0570. The average Bonchev–Trinajstić information content (AvgIpc) is 3.62. The normalized spacial score (nSPS) is 12.6. The van der Waals surface area contributed by atoms with Crippen molar-refractivity contribution in [2.45, 2.75) is 0 Å². The maximum Gasteiger partial charge on any atom is 0.136 e. The summed E-state index contributed by atoms with van der Waals surface area (Å²) in [5, 5.41) is 6.28. The van der Waals surface area contributed by atoms with Gasteiger partial charge in [0.05, 0.1) is 5.48 Å². The van der Waals surface area contributed by atoms with E-state index in [1.54, 1.807) is 0 Å². The van der Waals surface area contributed by atoms with E-state index in [0.29, 0.717) is 16.7 Å². The van der Waals surface area contributed by atoms with Gasteiger partial charge in [0.25, 0.3) is 0 Å². The maximum atomic E-state index is 9.28. The Bertz CT molecular complexity index is 3040. The van der Waals surface area contributed by atoms with Crippen LogP contribution in [0.25, 0.3) is 99.1 Å². The Morgan fingerprint density at radius 2 is 0.804 bits per heavy atom. The second-order valence-corrected chi connectivity index (χ2v) is 12.9. The summed E-state index contributed by atoms with van der Waals surface area (Å²) >= 11 is 0. The van der Waals surface area contributed by atoms with Crippen molar-refractivity contribution in [1.29, 1.82) is 0 Å². The molecule has 0 fully saturated rings. The van der Waals surface area contributed by atoms with Crippen molar-refractivity contribution < 1.29 is 9.90 Å². The molecule has 0 spiro atoms. The van der Waals surface area contributed by atoms with Gasteiger partial charge in [-0.25, -0.2) is 0 Å². The number of benzene rings is 9. The molecule has 0 aliphatic carbocycles. The van der Waals surface area contributed by atoms with Crippen molar-refractivity contribution in [2.24, 2.45) is 0 Å². The van der Waals surface area contributed by atoms with Gasteiger partial charge in [0, 0.05) is 10.8 Å². The lowest BCUT2D eigenvalue weighted by Crippen LogP contribution is -1.93. The van der Waals surface area contributed by atoms with Crippen LogP contribution in [0.2, 0.25) is 0 Å². The molecule has 51 heavy (non-hydrogen) atoms. The Kier molecular flexibility index (Phi) is 5.96. The zero-order chi connectivity index (χ0) is 37.2. The molecule has 1 heterocycles. The van der Waals surface area contributed by atoms with Gasteiger partial charge in [-0.05, 0) is 95.4 Å². The van der Waals surface area contributed by atoms with Gasteiger partial charge in [-0.1, -0.05) is 176 Å². The predicted octanol–water partition coefficient (Wildman–Crippen LogP) is 14.2. The lowest BCUT2D eigenvalue weighted by atomic mass is 9.83. The molecule has 1 nitrogen and oxygen atoms in total. The summed E-state index contributed by atoms with van der Waals surface area (Å²) in [7, 11) is 0. The molecule has 0 atom stereocenters. The first-order valence-electron chi connectivity index (χ1n) is 19.2. The fraction of sp³-hybridized carbons (Fsp3) is 0. The van der Waals surface area contributed by atoms with E-state index in [1.807, 2.05) is 78.9 Å². The first-order chi connectivity index (χ1) is 27.0. The highest BCUT2D eigenvalue weighted by Crippen LogP contribution is 2.48. The Morgan fingerprint density at radius 3 is 1.43 bits per heavy atom. The number of fused-ring (bicyclic) bond motifs is 5. The van der Waals surface area contributed by atoms with Crippen molar-refractivity contribution in [1.82, 2.24) is 0 Å². The first kappa shape index (κ1) is 25.3. The van der Waals surface area contributed by atoms with Crippen molar-refractivity contribution in [2.75, 3.05) is 0 Å². The maximum absolute atomic E-state index is 9.28. The molecular formula is C50H32O. The monoisotopic (exact) mass is 652 g/mol. The molecule has 0 aliphatic heterocycles. The van der Waals surface area contributed by atoms with Crippen LogP contribution in [0.1, 0.15) is 5.48 Å². The lowest BCUT2D eigenvalue weighted by molar-refractivity contribution is 0.669. The molecule has 0 unspecified atom stereocenters. The van der Waals surface area contributed by atoms with Gasteiger partial charge >= 0.3 is 0 Å². The van der Waals surface area contributed by atoms with E-state index in [4.69, 9.17) is 7.16 Å². The highest BCUT2D eigenvalue weighted by molar-refractivity contribution is 6.26. The summed E-state index contributed by atoms with van der Waals surface area (Å²) in [6.07, 6.45) is 0. The quantitative estimate of drug-likeness (QED) is 0.169. The Labute approximate surface area is 302 Å². The smallest absolute Gasteiger partial charge is 0.136 e. The molecule has 238 valence electrons. The van der Waals surface area contributed by atoms with Gasteiger partial charge in [-0.15, -0.1) is 0 Å². The van der Waals surface area contributed by atoms with Crippen LogP contribution >= 0.6 is 0 Å². The van der Waals surface area contributed by atoms with Crippen LogP contribution in [0, 0.1) is 0 Å². The minimum Gasteiger partial charge on any atom is -0.456 e. The summed E-state index contributed by atoms with van der Waals surface area (Å²) in [6, 6.07) is 56.8. The van der Waals surface area contributed by atoms with Crippen molar-refractivity contribution in [3.63, 3.8) is 0 Å². The Morgan fingerprint density at radius 1 is 0.314 bits per heavy atom. The van der Waals surface area contributed by atoms with Crippen LogP contribution in [0.3, 0.4) is 0 Å². The molecule has 1 aromatic heterocycles. The van der Waals surface area contributed by atoms with Gasteiger partial charge in [-0.3, -0.25) is 0 Å². The molecule has 0 bridgehead atoms. The summed E-state index contributed by atoms with van der Waals surface area (Å²) in [6.45, 7) is 0. The number of furan rings is 1. The van der Waals surface area contributed by atoms with Crippen LogP contribution in [0.4, 0.5) is 0 Å². The fourth-order valence-electron chi connectivity index (χ4n) is 7.67. The molecule has 0 aliphatic rings. The minimum atomic E-state index is -0.0635. The van der Waals surface area contributed by atoms with Crippen molar-refractivity contribution in [3.8, 4) is 55.6 Å². The molecule has 9 aromatic carbocycles. The zero-order valence-corrected chi connectivity index (χ0v) is 27.6. The largest absolute Gasteiger partial charge is 0.456 e. The van der Waals surface area contributed by atoms with Crippen LogP contribution in [0.15, 0.2) is 198 Å². The van der Waals surface area contributed by atoms with Gasteiger partial charge in [0.2, 0.25) is 0 Å². The third-order valence-electron chi connectivity index (χ3n) is 9.96. The molecular weight excluding hydrogens is 617 g/mol. The molecule has 10 aromatic rings. The van der Waals surface area contributed by atoms with Crippen LogP contribution in [-0.4, -0.2) is 0 Å². The van der Waals surface area contributed by atoms with Crippen molar-refractivity contribution >= 4 is 43.5 Å². The summed E-state index contributed by atoms with van der Waals surface area (Å²) < 4.78 is 43.3. The third kappa shape index (κ3) is 4.86. The average molecular weight is 653 g/mol. The summed E-state index contributed by atoms with van der Waals surface area (Å²) in [4.78, 5) is 0. The Hall–Kier alpha value is -6.70. The fourth-order valence-corrected chi connectivity index (χ4v) is 7.67. The van der Waals surface area contributed by atoms with Crippen LogP contribution in [-0.2, 0) is 0 Å². The Balaban J connectivity index is 1.24. The number of hydrogen-bond acceptors (Lipinski definition) is 1. The predicted molar refractivity (Wildman–Crippen MR) is 216 cm³/mol. The highest BCUT2D eigenvalue weighted by Gasteiger charge is 2.21. The van der Waals surface area contributed by atoms with Gasteiger partial charge in [0.15, 0.2) is 0 Å². The molecule has 0 N–H and O–H groups in total. The number of hydrogen-bond donors (Lipinski definition) is 0. The van der Waals surface area contributed by atoms with Crippen LogP contribution in [0.5, 0.6) is 0 Å². The second-order valence-electron chi connectivity index (χ2n) is 12.9. The van der Waals surface area contributed by atoms with Gasteiger partial charge in [0.1, 0.15) is 11.2 Å². The molecule has 10 rings (SSSR count). The van der Waals surface area contributed by atoms with E-state index in [-0.39, 0.29) is 29.7 Å². The van der Waals surface area contributed by atoms with E-state index < -0.39 is 0 Å². The van der Waals surface area contributed by atoms with E-state index in [1.165, 1.54) is 0 Å². The second kappa shape index (κ2) is 12.0. The third-order valence-corrected chi connectivity index (χ3v) is 9.96. The number of rotatable bonds is 5. The lowest BCUT2D eigenvalue weighted by Gasteiger charge is -2.20. The van der Waals surface area contributed by atoms with E-state index >= 15 is 0 Å². The zero-order valence-electron chi connectivity index (χ0n) is 31.6. The first-order valence-corrected chi connectivity index (χ1v) is 17.2. The van der Waals surface area contributed by atoms with E-state index in [9.17, 15) is 2.74 Å².